The van der Waals surface area contributed by atoms with E-state index in [2.05, 4.69) is 15.0 Å². The Bertz CT molecular complexity index is 443. The summed E-state index contributed by atoms with van der Waals surface area (Å²) in [5, 5.41) is 3.04. The van der Waals surface area contributed by atoms with Gasteiger partial charge in [0.2, 0.25) is 10.0 Å². The zero-order chi connectivity index (χ0) is 12.9. The molecule has 0 amide bonds. The van der Waals surface area contributed by atoms with E-state index in [9.17, 15) is 8.42 Å². The Morgan fingerprint density at radius 2 is 1.82 bits per heavy atom. The molecule has 0 aliphatic carbocycles. The molecule has 17 heavy (non-hydrogen) atoms. The zero-order valence-electron chi connectivity index (χ0n) is 10.4. The summed E-state index contributed by atoms with van der Waals surface area (Å²) in [6.45, 7) is 5.13. The molecule has 1 heterocycles. The maximum Gasteiger partial charge on any atom is 0.240 e. The van der Waals surface area contributed by atoms with Crippen molar-refractivity contribution in [1.82, 2.24) is 15.0 Å². The summed E-state index contributed by atoms with van der Waals surface area (Å²) in [6, 6.07) is 2.96. The highest BCUT2D eigenvalue weighted by atomic mass is 32.2. The highest BCUT2D eigenvalue weighted by Gasteiger charge is 2.21. The van der Waals surface area contributed by atoms with Crippen LogP contribution in [-0.4, -0.2) is 33.5 Å². The molecule has 0 atom stereocenters. The van der Waals surface area contributed by atoms with Crippen LogP contribution in [0.15, 0.2) is 29.4 Å². The maximum absolute atomic E-state index is 11.9. The quantitative estimate of drug-likeness (QED) is 0.783. The van der Waals surface area contributed by atoms with Gasteiger partial charge in [-0.25, -0.2) is 13.1 Å². The molecule has 0 saturated carbocycles. The molecular formula is C11H19N3O2S. The number of nitrogens with one attached hydrogen (secondary N) is 2. The lowest BCUT2D eigenvalue weighted by molar-refractivity contribution is 0.350. The van der Waals surface area contributed by atoms with Gasteiger partial charge in [-0.15, -0.1) is 0 Å². The van der Waals surface area contributed by atoms with Gasteiger partial charge < -0.3 is 5.32 Å². The Labute approximate surface area is 103 Å². The van der Waals surface area contributed by atoms with Crippen molar-refractivity contribution < 1.29 is 8.42 Å². The number of nitrogens with zero attached hydrogens (tertiary/aromatic N) is 1. The molecular weight excluding hydrogens is 238 g/mol. The zero-order valence-corrected chi connectivity index (χ0v) is 11.2. The first-order valence-corrected chi connectivity index (χ1v) is 6.90. The van der Waals surface area contributed by atoms with E-state index in [0.29, 0.717) is 6.54 Å². The normalized spacial score (nSPS) is 12.6. The molecule has 1 rings (SSSR count). The van der Waals surface area contributed by atoms with E-state index >= 15 is 0 Å². The fourth-order valence-electron chi connectivity index (χ4n) is 1.43. The Balaban J connectivity index is 2.69. The van der Waals surface area contributed by atoms with Gasteiger partial charge in [0.1, 0.15) is 0 Å². The fraction of sp³-hybridized carbons (Fsp3) is 0.545. The summed E-state index contributed by atoms with van der Waals surface area (Å²) < 4.78 is 26.5. The van der Waals surface area contributed by atoms with E-state index in [0.717, 1.165) is 6.54 Å². The lowest BCUT2D eigenvalue weighted by atomic mass is 9.94. The number of hydrogen-bond donors (Lipinski definition) is 2. The third kappa shape index (κ3) is 4.41. The first-order valence-electron chi connectivity index (χ1n) is 5.42. The van der Waals surface area contributed by atoms with Crippen LogP contribution < -0.4 is 10.0 Å². The monoisotopic (exact) mass is 257 g/mol. The minimum Gasteiger partial charge on any atom is -0.319 e. The Morgan fingerprint density at radius 1 is 1.24 bits per heavy atom. The molecule has 5 nitrogen and oxygen atoms in total. The van der Waals surface area contributed by atoms with Gasteiger partial charge in [0.25, 0.3) is 0 Å². The molecule has 0 aliphatic heterocycles. The van der Waals surface area contributed by atoms with E-state index in [1.807, 2.05) is 20.9 Å². The van der Waals surface area contributed by atoms with Crippen molar-refractivity contribution in [3.8, 4) is 0 Å². The van der Waals surface area contributed by atoms with E-state index < -0.39 is 10.0 Å². The SMILES string of the molecule is CNCC(C)(C)CNS(=O)(=O)c1ccncc1. The van der Waals surface area contributed by atoms with Crippen LogP contribution in [0, 0.1) is 5.41 Å². The third-order valence-corrected chi connectivity index (χ3v) is 3.77. The van der Waals surface area contributed by atoms with Crippen LogP contribution in [0.5, 0.6) is 0 Å². The minimum atomic E-state index is -3.43. The summed E-state index contributed by atoms with van der Waals surface area (Å²) in [5.74, 6) is 0. The summed E-state index contributed by atoms with van der Waals surface area (Å²) >= 11 is 0. The van der Waals surface area contributed by atoms with Crippen molar-refractivity contribution in [3.05, 3.63) is 24.5 Å². The summed E-state index contributed by atoms with van der Waals surface area (Å²) in [6.07, 6.45) is 2.93. The Hall–Kier alpha value is -0.980. The molecule has 0 saturated heterocycles. The van der Waals surface area contributed by atoms with Crippen molar-refractivity contribution in [2.75, 3.05) is 20.1 Å². The summed E-state index contributed by atoms with van der Waals surface area (Å²) in [5.41, 5.74) is -0.130. The number of pyridine rings is 1. The highest BCUT2D eigenvalue weighted by molar-refractivity contribution is 7.89. The number of hydrogen-bond acceptors (Lipinski definition) is 4. The van der Waals surface area contributed by atoms with Gasteiger partial charge >= 0.3 is 0 Å². The van der Waals surface area contributed by atoms with Gasteiger partial charge in [-0.2, -0.15) is 0 Å². The predicted molar refractivity (Wildman–Crippen MR) is 67.1 cm³/mol. The van der Waals surface area contributed by atoms with Crippen LogP contribution >= 0.6 is 0 Å². The standard InChI is InChI=1S/C11H19N3O2S/c1-11(2,8-12-3)9-14-17(15,16)10-4-6-13-7-5-10/h4-7,12,14H,8-9H2,1-3H3. The first kappa shape index (κ1) is 14.1. The number of sulfonamides is 1. The molecule has 1 aromatic heterocycles. The molecule has 0 unspecified atom stereocenters. The molecule has 0 radical (unpaired) electrons. The molecule has 0 fully saturated rings. The lowest BCUT2D eigenvalue weighted by Crippen LogP contribution is -2.39. The van der Waals surface area contributed by atoms with Crippen LogP contribution in [0.1, 0.15) is 13.8 Å². The molecule has 0 aliphatic rings. The Kier molecular flexibility index (Phi) is 4.62. The Morgan fingerprint density at radius 3 is 2.35 bits per heavy atom. The average Bonchev–Trinajstić information content (AvgIpc) is 2.28. The highest BCUT2D eigenvalue weighted by Crippen LogP contribution is 2.14. The van der Waals surface area contributed by atoms with Crippen molar-refractivity contribution >= 4 is 10.0 Å². The van der Waals surface area contributed by atoms with E-state index in [1.165, 1.54) is 24.5 Å². The minimum absolute atomic E-state index is 0.130. The van der Waals surface area contributed by atoms with Gasteiger partial charge in [0.15, 0.2) is 0 Å². The largest absolute Gasteiger partial charge is 0.319 e. The number of aromatic nitrogens is 1. The summed E-state index contributed by atoms with van der Waals surface area (Å²) in [4.78, 5) is 4.04. The van der Waals surface area contributed by atoms with Crippen molar-refractivity contribution in [1.29, 1.82) is 0 Å². The third-order valence-electron chi connectivity index (χ3n) is 2.36. The van der Waals surface area contributed by atoms with Gasteiger partial charge in [-0.1, -0.05) is 13.8 Å². The van der Waals surface area contributed by atoms with Crippen LogP contribution in [0.4, 0.5) is 0 Å². The second-order valence-corrected chi connectivity index (χ2v) is 6.47. The van der Waals surface area contributed by atoms with Gasteiger partial charge in [0, 0.05) is 25.5 Å². The van der Waals surface area contributed by atoms with Crippen molar-refractivity contribution in [2.45, 2.75) is 18.7 Å². The first-order chi connectivity index (χ1) is 7.87. The number of rotatable bonds is 6. The molecule has 96 valence electrons. The fourth-order valence-corrected chi connectivity index (χ4v) is 2.66. The van der Waals surface area contributed by atoms with Gasteiger partial charge in [-0.05, 0) is 24.6 Å². The average molecular weight is 257 g/mol. The predicted octanol–water partition coefficient (Wildman–Crippen LogP) is 0.606. The topological polar surface area (TPSA) is 71.1 Å². The molecule has 1 aromatic rings. The van der Waals surface area contributed by atoms with Crippen LogP contribution in [0.3, 0.4) is 0 Å². The molecule has 0 spiro atoms. The second kappa shape index (κ2) is 5.57. The van der Waals surface area contributed by atoms with Gasteiger partial charge in [0.05, 0.1) is 4.90 Å². The smallest absolute Gasteiger partial charge is 0.240 e. The van der Waals surface area contributed by atoms with Crippen LogP contribution in [-0.2, 0) is 10.0 Å². The second-order valence-electron chi connectivity index (χ2n) is 4.70. The summed E-state index contributed by atoms with van der Waals surface area (Å²) in [7, 11) is -1.58. The van der Waals surface area contributed by atoms with Crippen molar-refractivity contribution in [2.24, 2.45) is 5.41 Å². The lowest BCUT2D eigenvalue weighted by Gasteiger charge is -2.24. The molecule has 2 N–H and O–H groups in total. The van der Waals surface area contributed by atoms with Crippen molar-refractivity contribution in [3.63, 3.8) is 0 Å². The van der Waals surface area contributed by atoms with E-state index in [4.69, 9.17) is 0 Å². The van der Waals surface area contributed by atoms with Crippen LogP contribution in [0.25, 0.3) is 0 Å². The molecule has 6 heteroatoms. The van der Waals surface area contributed by atoms with E-state index in [1.54, 1.807) is 0 Å². The van der Waals surface area contributed by atoms with Crippen LogP contribution in [0.2, 0.25) is 0 Å². The van der Waals surface area contributed by atoms with Gasteiger partial charge in [-0.3, -0.25) is 4.98 Å². The molecule has 0 aromatic carbocycles. The molecule has 0 bridgehead atoms. The maximum atomic E-state index is 11.9. The van der Waals surface area contributed by atoms with E-state index in [-0.39, 0.29) is 10.3 Å².